The molecule has 5 N–H and O–H groups in total. The first-order valence-electron chi connectivity index (χ1n) is 17.5. The maximum Gasteiger partial charge on any atom is 0.312 e. The van der Waals surface area contributed by atoms with Gasteiger partial charge >= 0.3 is 6.03 Å². The van der Waals surface area contributed by atoms with Crippen molar-refractivity contribution in [2.24, 2.45) is 34.3 Å². The number of primary amides is 1. The zero-order chi connectivity index (χ0) is 34.3. The zero-order valence-corrected chi connectivity index (χ0v) is 28.2. The Balaban J connectivity index is 1.15. The normalized spacial score (nSPS) is 36.2. The Labute approximate surface area is 282 Å². The van der Waals surface area contributed by atoms with E-state index in [1.165, 1.54) is 0 Å². The summed E-state index contributed by atoms with van der Waals surface area (Å²) in [5.74, 6) is 0.327. The fraction of sp³-hybridized carbons (Fsp3) is 0.622. The van der Waals surface area contributed by atoms with Gasteiger partial charge in [0.2, 0.25) is 11.7 Å². The molecule has 11 nitrogen and oxygen atoms in total. The minimum atomic E-state index is -1.25. The number of ketones is 2. The van der Waals surface area contributed by atoms with Gasteiger partial charge in [-0.1, -0.05) is 38.8 Å². The van der Waals surface area contributed by atoms with E-state index in [9.17, 15) is 24.3 Å². The third-order valence-electron chi connectivity index (χ3n) is 11.9. The molecule has 5 aliphatic rings. The number of Topliss-reactive ketones (excluding diaryl/α,β-unsaturated/α-hetero) is 1. The van der Waals surface area contributed by atoms with Crippen molar-refractivity contribution >= 4 is 29.2 Å². The molecule has 1 heterocycles. The van der Waals surface area contributed by atoms with Crippen LogP contribution in [-0.4, -0.2) is 65.9 Å². The molecule has 0 radical (unpaired) electrons. The largest absolute Gasteiger partial charge is 0.486 e. The van der Waals surface area contributed by atoms with E-state index in [2.05, 4.69) is 31.4 Å². The summed E-state index contributed by atoms with van der Waals surface area (Å²) in [5.41, 5.74) is 4.42. The Kier molecular flexibility index (Phi) is 9.58. The fourth-order valence-electron chi connectivity index (χ4n) is 9.74. The van der Waals surface area contributed by atoms with Gasteiger partial charge in [0.05, 0.1) is 12.2 Å². The van der Waals surface area contributed by atoms with Gasteiger partial charge in [-0.05, 0) is 93.2 Å². The van der Waals surface area contributed by atoms with Crippen LogP contribution >= 0.6 is 0 Å². The van der Waals surface area contributed by atoms with E-state index in [-0.39, 0.29) is 41.8 Å². The lowest BCUT2D eigenvalue weighted by molar-refractivity contribution is -0.200. The van der Waals surface area contributed by atoms with Crippen LogP contribution in [-0.2, 0) is 23.9 Å². The number of aliphatic hydroxyl groups is 1. The second kappa shape index (κ2) is 13.4. The summed E-state index contributed by atoms with van der Waals surface area (Å²) in [4.78, 5) is 49.8. The fourth-order valence-corrected chi connectivity index (χ4v) is 9.74. The highest BCUT2D eigenvalue weighted by Crippen LogP contribution is 2.69. The van der Waals surface area contributed by atoms with Crippen LogP contribution in [0.2, 0.25) is 0 Å². The van der Waals surface area contributed by atoms with Crippen LogP contribution in [0.25, 0.3) is 0 Å². The number of fused-ring (bicyclic) bond motifs is 7. The van der Waals surface area contributed by atoms with Gasteiger partial charge in [0.25, 0.3) is 0 Å². The second-order valence-electron chi connectivity index (χ2n) is 14.7. The highest BCUT2D eigenvalue weighted by atomic mass is 16.7. The molecular formula is C37H49N3O8. The molecule has 4 aliphatic carbocycles. The molecule has 3 saturated carbocycles. The number of anilines is 1. The van der Waals surface area contributed by atoms with E-state index in [4.69, 9.17) is 19.9 Å². The average molecular weight is 664 g/mol. The first-order chi connectivity index (χ1) is 22.9. The predicted molar refractivity (Wildman–Crippen MR) is 178 cm³/mol. The highest BCUT2D eigenvalue weighted by molar-refractivity contribution is 6.01. The average Bonchev–Trinajstić information content (AvgIpc) is 3.52. The van der Waals surface area contributed by atoms with E-state index in [0.29, 0.717) is 56.5 Å². The van der Waals surface area contributed by atoms with Crippen molar-refractivity contribution in [2.45, 2.75) is 103 Å². The van der Waals surface area contributed by atoms with Gasteiger partial charge in [0.1, 0.15) is 12.4 Å². The van der Waals surface area contributed by atoms with E-state index < -0.39 is 41.0 Å². The number of carbonyl (C=O) groups is 4. The number of rotatable bonds is 12. The molecule has 9 atom stereocenters. The van der Waals surface area contributed by atoms with Crippen molar-refractivity contribution in [1.29, 1.82) is 0 Å². The minimum Gasteiger partial charge on any atom is -0.486 e. The molecule has 0 aromatic heterocycles. The van der Waals surface area contributed by atoms with Crippen LogP contribution in [0.3, 0.4) is 0 Å². The number of allylic oxidation sites excluding steroid dienone is 4. The predicted octanol–water partition coefficient (Wildman–Crippen LogP) is 4.58. The van der Waals surface area contributed by atoms with Crippen LogP contribution < -0.4 is 21.1 Å². The molecule has 1 aliphatic heterocycles. The van der Waals surface area contributed by atoms with E-state index >= 15 is 0 Å². The van der Waals surface area contributed by atoms with Crippen LogP contribution in [0.5, 0.6) is 5.75 Å². The third-order valence-corrected chi connectivity index (χ3v) is 11.9. The lowest BCUT2D eigenvalue weighted by Gasteiger charge is -2.59. The van der Waals surface area contributed by atoms with Crippen molar-refractivity contribution < 1.29 is 38.5 Å². The number of carbonyl (C=O) groups excluding carboxylic acids is 4. The minimum absolute atomic E-state index is 0.00214. The van der Waals surface area contributed by atoms with Gasteiger partial charge in [-0.3, -0.25) is 14.4 Å². The molecule has 260 valence electrons. The monoisotopic (exact) mass is 663 g/mol. The van der Waals surface area contributed by atoms with Crippen LogP contribution in [0.1, 0.15) is 78.6 Å². The summed E-state index contributed by atoms with van der Waals surface area (Å²) in [6.45, 7) is 6.51. The molecule has 1 aromatic carbocycles. The van der Waals surface area contributed by atoms with Crippen LogP contribution in [0.15, 0.2) is 48.1 Å². The Morgan fingerprint density at radius 1 is 1.15 bits per heavy atom. The number of aliphatic hydroxyl groups excluding tert-OH is 1. The molecule has 3 amide bonds. The van der Waals surface area contributed by atoms with Crippen molar-refractivity contribution in [3.8, 4) is 5.75 Å². The first kappa shape index (κ1) is 34.3. The molecule has 11 heteroatoms. The molecule has 1 saturated heterocycles. The van der Waals surface area contributed by atoms with Crippen molar-refractivity contribution in [3.05, 3.63) is 48.1 Å². The van der Waals surface area contributed by atoms with E-state index in [1.807, 2.05) is 6.08 Å². The third kappa shape index (κ3) is 5.98. The van der Waals surface area contributed by atoms with Crippen molar-refractivity contribution in [2.75, 3.05) is 18.5 Å². The molecule has 2 unspecified atom stereocenters. The summed E-state index contributed by atoms with van der Waals surface area (Å²) in [7, 11) is 0. The van der Waals surface area contributed by atoms with Gasteiger partial charge in [-0.25, -0.2) is 4.79 Å². The number of amides is 3. The number of nitrogens with one attached hydrogen (secondary N) is 2. The number of unbranched alkanes of at least 4 members (excludes halogenated alkanes) is 1. The van der Waals surface area contributed by atoms with Gasteiger partial charge in [0, 0.05) is 35.4 Å². The molecule has 6 rings (SSSR count). The summed E-state index contributed by atoms with van der Waals surface area (Å²) < 4.78 is 19.3. The Morgan fingerprint density at radius 3 is 2.65 bits per heavy atom. The zero-order valence-electron chi connectivity index (χ0n) is 28.2. The van der Waals surface area contributed by atoms with E-state index in [0.717, 1.165) is 24.8 Å². The maximum absolute atomic E-state index is 14.5. The summed E-state index contributed by atoms with van der Waals surface area (Å²) in [6, 6.07) is 6.30. The van der Waals surface area contributed by atoms with Crippen LogP contribution in [0, 0.1) is 28.6 Å². The van der Waals surface area contributed by atoms with Crippen molar-refractivity contribution in [3.63, 3.8) is 0 Å². The smallest absolute Gasteiger partial charge is 0.312 e. The Morgan fingerprint density at radius 2 is 1.92 bits per heavy atom. The Bertz CT molecular complexity index is 1490. The summed E-state index contributed by atoms with van der Waals surface area (Å²) in [6.07, 6.45) is 9.52. The Hall–Kier alpha value is -3.54. The standard InChI is InChI=1S/C37H49N3O8/c1-4-7-32-47-30-19-27-26-14-9-22-18-24(41)15-16-35(22,2)33(26)28(42)20-36(27,3)37(30,48-32)29(43)21-46-25-12-10-23(11-13-25)40-31(44)8-5-6-17-39-34(38)45/h10-13,15-16,18,26-28,30,32-33,42H,4-9,14,17,19-21H2,1-3H3,(H,40,44)(H3,38,39,45)/t26-,27-,28-,30+,32?,33?,35-,36-,37+/m0/s1. The maximum atomic E-state index is 14.5. The molecule has 0 bridgehead atoms. The molecule has 0 spiro atoms. The SMILES string of the molecule is CCCC1O[C@@H]2C[C@H]3[C@@H]4CCC5=CC(=O)C=C[C@]5(C)C4[C@@H](O)C[C@]3(C)[C@]2(C(=O)COc2ccc(NC(=O)CCCCNC(N)=O)cc2)O1. The van der Waals surface area contributed by atoms with Crippen LogP contribution in [0.4, 0.5) is 10.5 Å². The van der Waals surface area contributed by atoms with Gasteiger partial charge in [0.15, 0.2) is 17.7 Å². The molecular weight excluding hydrogens is 614 g/mol. The van der Waals surface area contributed by atoms with Gasteiger partial charge < -0.3 is 35.7 Å². The molecule has 1 aromatic rings. The summed E-state index contributed by atoms with van der Waals surface area (Å²) >= 11 is 0. The lowest BCUT2D eigenvalue weighted by Crippen LogP contribution is -2.63. The lowest BCUT2D eigenvalue weighted by atomic mass is 9.46. The van der Waals surface area contributed by atoms with E-state index in [1.54, 1.807) is 36.4 Å². The molecule has 48 heavy (non-hydrogen) atoms. The first-order valence-corrected chi connectivity index (χ1v) is 17.5. The topological polar surface area (TPSA) is 166 Å². The van der Waals surface area contributed by atoms with Crippen molar-refractivity contribution in [1.82, 2.24) is 5.32 Å². The number of ether oxygens (including phenoxy) is 3. The van der Waals surface area contributed by atoms with Gasteiger partial charge in [-0.2, -0.15) is 0 Å². The highest BCUT2D eigenvalue weighted by Gasteiger charge is 2.75. The molecule has 4 fully saturated rings. The number of hydrogen-bond donors (Lipinski definition) is 4. The second-order valence-corrected chi connectivity index (χ2v) is 14.7. The van der Waals surface area contributed by atoms with Gasteiger partial charge in [-0.15, -0.1) is 0 Å². The number of nitrogens with two attached hydrogens (primary N) is 1. The summed E-state index contributed by atoms with van der Waals surface area (Å²) in [5, 5.41) is 17.3. The number of urea groups is 1. The quantitative estimate of drug-likeness (QED) is 0.236. The number of hydrogen-bond acceptors (Lipinski definition) is 8. The number of benzene rings is 1.